The average Bonchev–Trinajstić information content (AvgIpc) is 2.88. The fourth-order valence-electron chi connectivity index (χ4n) is 5.57. The minimum absolute atomic E-state index is 0.0221. The van der Waals surface area contributed by atoms with Gasteiger partial charge in [-0.1, -0.05) is 25.6 Å². The number of ether oxygens (including phenoxy) is 1. The molecular weight excluding hydrogens is 284 g/mol. The van der Waals surface area contributed by atoms with Crippen molar-refractivity contribution in [1.82, 2.24) is 0 Å². The molecule has 0 unspecified atom stereocenters. The van der Waals surface area contributed by atoms with Crippen molar-refractivity contribution < 1.29 is 9.53 Å². The van der Waals surface area contributed by atoms with Gasteiger partial charge in [0.2, 0.25) is 0 Å². The van der Waals surface area contributed by atoms with Crippen LogP contribution in [0, 0.1) is 17.3 Å². The zero-order chi connectivity index (χ0) is 16.0. The third kappa shape index (κ3) is 2.26. The Balaban J connectivity index is 1.62. The number of ketones is 1. The fraction of sp³-hybridized carbons (Fsp3) is 0.571. The highest BCUT2D eigenvalue weighted by Gasteiger charge is 2.54. The lowest BCUT2D eigenvalue weighted by Gasteiger charge is -2.48. The van der Waals surface area contributed by atoms with Gasteiger partial charge in [0.1, 0.15) is 18.1 Å². The Morgan fingerprint density at radius 3 is 3.00 bits per heavy atom. The van der Waals surface area contributed by atoms with Gasteiger partial charge in [0.25, 0.3) is 0 Å². The number of hydrogen-bond acceptors (Lipinski definition) is 2. The minimum atomic E-state index is -0.0221. The molecule has 1 aromatic rings. The molecule has 2 nitrogen and oxygen atoms in total. The second-order valence-corrected chi connectivity index (χ2v) is 7.79. The highest BCUT2D eigenvalue weighted by molar-refractivity contribution is 5.87. The van der Waals surface area contributed by atoms with Crippen molar-refractivity contribution in [3.05, 3.63) is 42.0 Å². The standard InChI is InChI=1S/C21H26O2/c1-3-12-23-15-5-7-16-14(13-15)4-6-18-17(16)10-11-21(2)19(18)8-9-20(21)22/h3,5,7,13,17-19H,1,4,6,8-12H2,2H3/t17-,18+,19-,21-/m0/s1. The van der Waals surface area contributed by atoms with E-state index < -0.39 is 0 Å². The van der Waals surface area contributed by atoms with E-state index in [1.165, 1.54) is 24.0 Å². The molecule has 0 amide bonds. The second-order valence-electron chi connectivity index (χ2n) is 7.79. The largest absolute Gasteiger partial charge is 0.490 e. The molecule has 2 saturated carbocycles. The van der Waals surface area contributed by atoms with E-state index in [1.807, 2.05) is 0 Å². The van der Waals surface area contributed by atoms with Crippen LogP contribution in [0.2, 0.25) is 0 Å². The Morgan fingerprint density at radius 2 is 2.17 bits per heavy atom. The molecule has 0 aromatic heterocycles. The topological polar surface area (TPSA) is 26.3 Å². The monoisotopic (exact) mass is 310 g/mol. The predicted molar refractivity (Wildman–Crippen MR) is 91.8 cm³/mol. The summed E-state index contributed by atoms with van der Waals surface area (Å²) in [5.41, 5.74) is 2.96. The fourth-order valence-corrected chi connectivity index (χ4v) is 5.57. The number of hydrogen-bond donors (Lipinski definition) is 0. The smallest absolute Gasteiger partial charge is 0.139 e. The van der Waals surface area contributed by atoms with Crippen molar-refractivity contribution in [1.29, 1.82) is 0 Å². The van der Waals surface area contributed by atoms with Crippen molar-refractivity contribution >= 4 is 5.78 Å². The number of aryl methyl sites for hydroxylation is 1. The summed E-state index contributed by atoms with van der Waals surface area (Å²) in [6.45, 7) is 6.51. The van der Waals surface area contributed by atoms with Gasteiger partial charge >= 0.3 is 0 Å². The van der Waals surface area contributed by atoms with Crippen molar-refractivity contribution in [3.8, 4) is 5.75 Å². The van der Waals surface area contributed by atoms with E-state index in [0.717, 1.165) is 31.4 Å². The van der Waals surface area contributed by atoms with E-state index in [1.54, 1.807) is 6.08 Å². The molecule has 0 spiro atoms. The van der Waals surface area contributed by atoms with Gasteiger partial charge in [-0.05, 0) is 73.1 Å². The highest BCUT2D eigenvalue weighted by atomic mass is 16.5. The molecule has 4 atom stereocenters. The number of fused-ring (bicyclic) bond motifs is 5. The number of carbonyl (C=O) groups is 1. The summed E-state index contributed by atoms with van der Waals surface area (Å²) in [7, 11) is 0. The van der Waals surface area contributed by atoms with Crippen LogP contribution in [-0.4, -0.2) is 12.4 Å². The third-order valence-corrected chi connectivity index (χ3v) is 6.77. The summed E-state index contributed by atoms with van der Waals surface area (Å²) in [4.78, 5) is 12.4. The molecule has 2 fully saturated rings. The van der Waals surface area contributed by atoms with Gasteiger partial charge in [0, 0.05) is 11.8 Å². The third-order valence-electron chi connectivity index (χ3n) is 6.77. The first-order valence-electron chi connectivity index (χ1n) is 9.03. The molecule has 3 aliphatic rings. The first kappa shape index (κ1) is 15.0. The van der Waals surface area contributed by atoms with Crippen molar-refractivity contribution in [2.45, 2.75) is 51.4 Å². The van der Waals surface area contributed by atoms with E-state index in [-0.39, 0.29) is 5.41 Å². The maximum atomic E-state index is 12.4. The summed E-state index contributed by atoms with van der Waals surface area (Å²) >= 11 is 0. The second kappa shape index (κ2) is 5.51. The normalized spacial score (nSPS) is 35.2. The van der Waals surface area contributed by atoms with E-state index in [4.69, 9.17) is 4.74 Å². The maximum Gasteiger partial charge on any atom is 0.139 e. The van der Waals surface area contributed by atoms with Crippen LogP contribution in [-0.2, 0) is 11.2 Å². The zero-order valence-corrected chi connectivity index (χ0v) is 14.0. The van der Waals surface area contributed by atoms with Gasteiger partial charge in [-0.25, -0.2) is 0 Å². The molecule has 0 N–H and O–H groups in total. The lowest BCUT2D eigenvalue weighted by Crippen LogP contribution is -2.42. The van der Waals surface area contributed by atoms with Crippen LogP contribution in [0.4, 0.5) is 0 Å². The van der Waals surface area contributed by atoms with E-state index in [2.05, 4.69) is 31.7 Å². The molecule has 122 valence electrons. The molecule has 1 aromatic carbocycles. The van der Waals surface area contributed by atoms with Crippen LogP contribution in [0.3, 0.4) is 0 Å². The summed E-state index contributed by atoms with van der Waals surface area (Å²) < 4.78 is 5.69. The van der Waals surface area contributed by atoms with E-state index in [0.29, 0.717) is 30.1 Å². The number of rotatable bonds is 3. The summed E-state index contributed by atoms with van der Waals surface area (Å²) in [6.07, 6.45) is 8.32. The quantitative estimate of drug-likeness (QED) is 0.758. The molecule has 2 heteroatoms. The van der Waals surface area contributed by atoms with Crippen LogP contribution >= 0.6 is 0 Å². The molecule has 0 bridgehead atoms. The van der Waals surface area contributed by atoms with Crippen LogP contribution in [0.1, 0.15) is 56.1 Å². The van der Waals surface area contributed by atoms with E-state index >= 15 is 0 Å². The van der Waals surface area contributed by atoms with Gasteiger partial charge in [0.15, 0.2) is 0 Å². The Bertz CT molecular complexity index is 647. The average molecular weight is 310 g/mol. The molecule has 0 radical (unpaired) electrons. The SMILES string of the molecule is C=CCOc1ccc2c(c1)CC[C@@H]1[C@H]2CC[C@]2(C)C(=O)CC[C@@H]12. The summed E-state index contributed by atoms with van der Waals surface area (Å²) in [5.74, 6) is 3.45. The molecular formula is C21H26O2. The maximum absolute atomic E-state index is 12.4. The van der Waals surface area contributed by atoms with Gasteiger partial charge < -0.3 is 4.74 Å². The lowest BCUT2D eigenvalue weighted by atomic mass is 9.55. The summed E-state index contributed by atoms with van der Waals surface area (Å²) in [6, 6.07) is 6.62. The Labute approximate surface area is 138 Å². The van der Waals surface area contributed by atoms with Crippen LogP contribution in [0.5, 0.6) is 5.75 Å². The zero-order valence-electron chi connectivity index (χ0n) is 14.0. The minimum Gasteiger partial charge on any atom is -0.490 e. The van der Waals surface area contributed by atoms with Crippen molar-refractivity contribution in [2.24, 2.45) is 17.3 Å². The molecule has 0 saturated heterocycles. The van der Waals surface area contributed by atoms with Gasteiger partial charge in [-0.2, -0.15) is 0 Å². The van der Waals surface area contributed by atoms with Crippen LogP contribution in [0.15, 0.2) is 30.9 Å². The molecule has 0 heterocycles. The summed E-state index contributed by atoms with van der Waals surface area (Å²) in [5, 5.41) is 0. The Morgan fingerprint density at radius 1 is 1.30 bits per heavy atom. The van der Waals surface area contributed by atoms with Gasteiger partial charge in [0.05, 0.1) is 0 Å². The lowest BCUT2D eigenvalue weighted by molar-refractivity contribution is -0.129. The van der Waals surface area contributed by atoms with Gasteiger partial charge in [-0.3, -0.25) is 4.79 Å². The Kier molecular flexibility index (Phi) is 3.59. The predicted octanol–water partition coefficient (Wildman–Crippen LogP) is 4.68. The van der Waals surface area contributed by atoms with Crippen molar-refractivity contribution in [3.63, 3.8) is 0 Å². The number of carbonyl (C=O) groups excluding carboxylic acids is 1. The van der Waals surface area contributed by atoms with E-state index in [9.17, 15) is 4.79 Å². The first-order chi connectivity index (χ1) is 11.1. The Hall–Kier alpha value is -1.57. The highest BCUT2D eigenvalue weighted by Crippen LogP contribution is 2.59. The number of Topliss-reactive ketones (excluding diaryl/α,β-unsaturated/α-hetero) is 1. The van der Waals surface area contributed by atoms with Crippen LogP contribution in [0.25, 0.3) is 0 Å². The van der Waals surface area contributed by atoms with Crippen LogP contribution < -0.4 is 4.74 Å². The molecule has 4 rings (SSSR count). The molecule has 23 heavy (non-hydrogen) atoms. The van der Waals surface area contributed by atoms with Gasteiger partial charge in [-0.15, -0.1) is 0 Å². The first-order valence-corrected chi connectivity index (χ1v) is 9.03. The molecule has 3 aliphatic carbocycles. The number of benzene rings is 1. The molecule has 0 aliphatic heterocycles. The van der Waals surface area contributed by atoms with Crippen molar-refractivity contribution in [2.75, 3.05) is 6.61 Å².